The Kier molecular flexibility index (Phi) is 4.89. The van der Waals surface area contributed by atoms with Gasteiger partial charge in [-0.25, -0.2) is 4.79 Å². The molecular formula is C20H22O3. The second kappa shape index (κ2) is 6.69. The van der Waals surface area contributed by atoms with Crippen LogP contribution in [0.3, 0.4) is 0 Å². The molecule has 0 saturated carbocycles. The van der Waals surface area contributed by atoms with Gasteiger partial charge in [0.05, 0.1) is 5.57 Å². The molecule has 0 fully saturated rings. The van der Waals surface area contributed by atoms with Crippen LogP contribution >= 0.6 is 0 Å². The van der Waals surface area contributed by atoms with Crippen LogP contribution in [0.5, 0.6) is 5.75 Å². The second-order valence-electron chi connectivity index (χ2n) is 6.51. The van der Waals surface area contributed by atoms with Gasteiger partial charge in [0.1, 0.15) is 11.4 Å². The minimum Gasteiger partial charge on any atom is -0.488 e. The van der Waals surface area contributed by atoms with E-state index >= 15 is 0 Å². The first kappa shape index (κ1) is 16.8. The smallest absolute Gasteiger partial charge is 0.336 e. The van der Waals surface area contributed by atoms with Crippen LogP contribution in [0, 0.1) is 6.92 Å². The second-order valence-corrected chi connectivity index (χ2v) is 6.51. The highest BCUT2D eigenvalue weighted by Gasteiger charge is 2.12. The van der Waals surface area contributed by atoms with Crippen LogP contribution in [0.4, 0.5) is 0 Å². The lowest BCUT2D eigenvalue weighted by atomic mass is 10.0. The monoisotopic (exact) mass is 310 g/mol. The summed E-state index contributed by atoms with van der Waals surface area (Å²) in [7, 11) is 0. The largest absolute Gasteiger partial charge is 0.488 e. The maximum absolute atomic E-state index is 11.6. The molecule has 3 heteroatoms. The molecule has 0 saturated heterocycles. The molecule has 2 aromatic rings. The van der Waals surface area contributed by atoms with Gasteiger partial charge in [0.2, 0.25) is 0 Å². The van der Waals surface area contributed by atoms with E-state index in [0.717, 1.165) is 16.9 Å². The lowest BCUT2D eigenvalue weighted by Gasteiger charge is -2.21. The quantitative estimate of drug-likeness (QED) is 0.652. The lowest BCUT2D eigenvalue weighted by Crippen LogP contribution is -2.22. The molecule has 0 aliphatic carbocycles. The summed E-state index contributed by atoms with van der Waals surface area (Å²) in [6, 6.07) is 14.9. The maximum atomic E-state index is 11.6. The molecule has 0 amide bonds. The summed E-state index contributed by atoms with van der Waals surface area (Å²) >= 11 is 0. The highest BCUT2D eigenvalue weighted by atomic mass is 16.5. The molecule has 120 valence electrons. The molecule has 0 heterocycles. The number of benzene rings is 2. The van der Waals surface area contributed by atoms with Crippen LogP contribution in [0.1, 0.15) is 37.5 Å². The first-order valence-corrected chi connectivity index (χ1v) is 7.56. The number of carboxylic acid groups (broad SMARTS) is 1. The van der Waals surface area contributed by atoms with Crippen molar-refractivity contribution in [1.82, 2.24) is 0 Å². The molecule has 2 rings (SSSR count). The van der Waals surface area contributed by atoms with Crippen LogP contribution in [0.25, 0.3) is 11.6 Å². The minimum absolute atomic E-state index is 0.258. The van der Waals surface area contributed by atoms with Gasteiger partial charge < -0.3 is 9.84 Å². The number of carboxylic acids is 1. The first-order valence-electron chi connectivity index (χ1n) is 7.56. The van der Waals surface area contributed by atoms with Gasteiger partial charge in [-0.1, -0.05) is 42.0 Å². The summed E-state index contributed by atoms with van der Waals surface area (Å²) in [5.41, 5.74) is 2.63. The fraction of sp³-hybridized carbons (Fsp3) is 0.250. The highest BCUT2D eigenvalue weighted by molar-refractivity contribution is 6.20. The topological polar surface area (TPSA) is 46.5 Å². The van der Waals surface area contributed by atoms with E-state index < -0.39 is 5.97 Å². The summed E-state index contributed by atoms with van der Waals surface area (Å²) in [6.07, 6.45) is 1.67. The highest BCUT2D eigenvalue weighted by Crippen LogP contribution is 2.22. The predicted octanol–water partition coefficient (Wildman–Crippen LogP) is 4.80. The summed E-state index contributed by atoms with van der Waals surface area (Å²) in [5.74, 6) is -0.175. The van der Waals surface area contributed by atoms with Gasteiger partial charge in [-0.05, 0) is 57.0 Å². The Hall–Kier alpha value is -2.55. The molecule has 0 unspecified atom stereocenters. The number of ether oxygens (including phenoxy) is 1. The Balaban J connectivity index is 2.29. The molecule has 3 nitrogen and oxygen atoms in total. The van der Waals surface area contributed by atoms with Gasteiger partial charge >= 0.3 is 5.97 Å². The molecule has 0 aliphatic rings. The van der Waals surface area contributed by atoms with Gasteiger partial charge in [0, 0.05) is 0 Å². The zero-order valence-corrected chi connectivity index (χ0v) is 14.0. The molecule has 2 aromatic carbocycles. The fourth-order valence-corrected chi connectivity index (χ4v) is 2.15. The number of rotatable bonds is 4. The zero-order valence-electron chi connectivity index (χ0n) is 14.0. The number of hydrogen-bond donors (Lipinski definition) is 1. The molecular weight excluding hydrogens is 288 g/mol. The third-order valence-electron chi connectivity index (χ3n) is 3.21. The molecule has 0 radical (unpaired) electrons. The predicted molar refractivity (Wildman–Crippen MR) is 93.5 cm³/mol. The maximum Gasteiger partial charge on any atom is 0.336 e. The molecule has 0 atom stereocenters. The zero-order chi connectivity index (χ0) is 17.0. The Morgan fingerprint density at radius 3 is 2.04 bits per heavy atom. The van der Waals surface area contributed by atoms with Gasteiger partial charge in [0.15, 0.2) is 0 Å². The summed E-state index contributed by atoms with van der Waals surface area (Å²) in [6.45, 7) is 7.93. The van der Waals surface area contributed by atoms with Gasteiger partial charge in [-0.2, -0.15) is 0 Å². The van der Waals surface area contributed by atoms with Gasteiger partial charge in [0.25, 0.3) is 0 Å². The van der Waals surface area contributed by atoms with E-state index in [1.54, 1.807) is 6.08 Å². The molecule has 0 aliphatic heterocycles. The molecule has 0 spiro atoms. The van der Waals surface area contributed by atoms with Crippen molar-refractivity contribution < 1.29 is 14.6 Å². The number of aryl methyl sites for hydroxylation is 1. The minimum atomic E-state index is -0.941. The van der Waals surface area contributed by atoms with Gasteiger partial charge in [-0.15, -0.1) is 0 Å². The average Bonchev–Trinajstić information content (AvgIpc) is 2.46. The van der Waals surface area contributed by atoms with E-state index in [0.29, 0.717) is 5.56 Å². The van der Waals surface area contributed by atoms with Crippen molar-refractivity contribution in [3.8, 4) is 5.75 Å². The van der Waals surface area contributed by atoms with E-state index in [1.165, 1.54) is 0 Å². The molecule has 1 N–H and O–H groups in total. The molecule has 23 heavy (non-hydrogen) atoms. The molecule has 0 aromatic heterocycles. The summed E-state index contributed by atoms with van der Waals surface area (Å²) in [5, 5.41) is 9.47. The fourth-order valence-electron chi connectivity index (χ4n) is 2.15. The summed E-state index contributed by atoms with van der Waals surface area (Å²) in [4.78, 5) is 11.6. The normalized spacial score (nSPS) is 12.1. The van der Waals surface area contributed by atoms with Crippen molar-refractivity contribution in [2.24, 2.45) is 0 Å². The third-order valence-corrected chi connectivity index (χ3v) is 3.21. The van der Waals surface area contributed by atoms with Crippen LogP contribution < -0.4 is 4.74 Å². The first-order chi connectivity index (χ1) is 10.7. The summed E-state index contributed by atoms with van der Waals surface area (Å²) < 4.78 is 5.77. The Morgan fingerprint density at radius 1 is 1.00 bits per heavy atom. The van der Waals surface area contributed by atoms with Gasteiger partial charge in [-0.3, -0.25) is 0 Å². The standard InChI is InChI=1S/C20H22O3/c1-14-5-9-16(10-6-14)18(19(21)22)13-15-7-11-17(12-8-15)23-20(2,3)4/h5-13H,1-4H3,(H,21,22)/b18-13-. The van der Waals surface area contributed by atoms with Crippen LogP contribution in [-0.2, 0) is 4.79 Å². The van der Waals surface area contributed by atoms with Crippen LogP contribution in [0.15, 0.2) is 48.5 Å². The van der Waals surface area contributed by atoms with Crippen LogP contribution in [-0.4, -0.2) is 16.7 Å². The number of carbonyl (C=O) groups is 1. The third kappa shape index (κ3) is 4.99. The van der Waals surface area contributed by atoms with Crippen molar-refractivity contribution in [2.75, 3.05) is 0 Å². The van der Waals surface area contributed by atoms with Crippen molar-refractivity contribution in [1.29, 1.82) is 0 Å². The van der Waals surface area contributed by atoms with Crippen molar-refractivity contribution >= 4 is 17.6 Å². The Bertz CT molecular complexity index is 702. The van der Waals surface area contributed by atoms with E-state index in [-0.39, 0.29) is 11.2 Å². The number of aliphatic carboxylic acids is 1. The average molecular weight is 310 g/mol. The SMILES string of the molecule is Cc1ccc(/C(=C/c2ccc(OC(C)(C)C)cc2)C(=O)O)cc1. The van der Waals surface area contributed by atoms with Crippen molar-refractivity contribution in [3.63, 3.8) is 0 Å². The number of hydrogen-bond acceptors (Lipinski definition) is 2. The van der Waals surface area contributed by atoms with E-state index in [4.69, 9.17) is 4.74 Å². The van der Waals surface area contributed by atoms with Crippen LogP contribution in [0.2, 0.25) is 0 Å². The Labute approximate surface area is 137 Å². The lowest BCUT2D eigenvalue weighted by molar-refractivity contribution is -0.130. The van der Waals surface area contributed by atoms with Crippen molar-refractivity contribution in [2.45, 2.75) is 33.3 Å². The van der Waals surface area contributed by atoms with E-state index in [1.807, 2.05) is 76.2 Å². The van der Waals surface area contributed by atoms with E-state index in [9.17, 15) is 9.90 Å². The van der Waals surface area contributed by atoms with Crippen molar-refractivity contribution in [3.05, 3.63) is 65.2 Å². The van der Waals surface area contributed by atoms with E-state index in [2.05, 4.69) is 0 Å². The Morgan fingerprint density at radius 2 is 1.57 bits per heavy atom. The molecule has 0 bridgehead atoms.